The van der Waals surface area contributed by atoms with E-state index in [1.54, 1.807) is 13.2 Å². The van der Waals surface area contributed by atoms with Gasteiger partial charge in [0.1, 0.15) is 12.4 Å². The molecular formula is C14H12BrFO2. The topological polar surface area (TPSA) is 18.5 Å². The van der Waals surface area contributed by atoms with Gasteiger partial charge in [-0.05, 0) is 24.3 Å². The fraction of sp³-hybridized carbons (Fsp3) is 0.143. The van der Waals surface area contributed by atoms with Crippen molar-refractivity contribution in [3.63, 3.8) is 0 Å². The van der Waals surface area contributed by atoms with E-state index in [1.165, 1.54) is 12.1 Å². The molecule has 0 aliphatic rings. The average Bonchev–Trinajstić information content (AvgIpc) is 2.38. The fourth-order valence-corrected chi connectivity index (χ4v) is 2.00. The van der Waals surface area contributed by atoms with Crippen molar-refractivity contribution in [3.05, 3.63) is 58.3 Å². The number of rotatable bonds is 4. The summed E-state index contributed by atoms with van der Waals surface area (Å²) >= 11 is 3.30. The Kier molecular flexibility index (Phi) is 4.20. The monoisotopic (exact) mass is 310 g/mol. The number of hydrogen-bond donors (Lipinski definition) is 0. The first-order valence-corrected chi connectivity index (χ1v) is 6.20. The third kappa shape index (κ3) is 3.01. The molecule has 2 aromatic rings. The normalized spacial score (nSPS) is 10.2. The molecule has 0 fully saturated rings. The van der Waals surface area contributed by atoms with Gasteiger partial charge in [-0.25, -0.2) is 4.39 Å². The largest absolute Gasteiger partial charge is 0.493 e. The molecule has 0 aliphatic heterocycles. The molecule has 0 radical (unpaired) electrons. The maximum absolute atomic E-state index is 12.9. The smallest absolute Gasteiger partial charge is 0.161 e. The second kappa shape index (κ2) is 5.87. The first kappa shape index (κ1) is 12.9. The lowest BCUT2D eigenvalue weighted by molar-refractivity contribution is 0.284. The highest BCUT2D eigenvalue weighted by Crippen LogP contribution is 2.27. The third-order valence-corrected chi connectivity index (χ3v) is 3.21. The highest BCUT2D eigenvalue weighted by molar-refractivity contribution is 9.10. The van der Waals surface area contributed by atoms with Gasteiger partial charge in [-0.1, -0.05) is 34.1 Å². The first-order chi connectivity index (χ1) is 8.70. The van der Waals surface area contributed by atoms with Crippen molar-refractivity contribution in [2.75, 3.05) is 7.11 Å². The van der Waals surface area contributed by atoms with Gasteiger partial charge in [-0.2, -0.15) is 0 Å². The van der Waals surface area contributed by atoms with E-state index in [-0.39, 0.29) is 5.82 Å². The Morgan fingerprint density at radius 3 is 2.50 bits per heavy atom. The van der Waals surface area contributed by atoms with E-state index in [9.17, 15) is 4.39 Å². The molecule has 0 unspecified atom stereocenters. The van der Waals surface area contributed by atoms with Crippen molar-refractivity contribution in [1.82, 2.24) is 0 Å². The summed E-state index contributed by atoms with van der Waals surface area (Å²) in [6.45, 7) is 0.348. The minimum Gasteiger partial charge on any atom is -0.493 e. The summed E-state index contributed by atoms with van der Waals surface area (Å²) in [5.41, 5.74) is 0.877. The zero-order valence-corrected chi connectivity index (χ0v) is 11.4. The number of halogens is 2. The Labute approximate surface area is 113 Å². The molecule has 0 heterocycles. The van der Waals surface area contributed by atoms with Crippen molar-refractivity contribution >= 4 is 15.9 Å². The van der Waals surface area contributed by atoms with E-state index in [4.69, 9.17) is 9.47 Å². The molecule has 0 aromatic heterocycles. The molecule has 2 aromatic carbocycles. The summed E-state index contributed by atoms with van der Waals surface area (Å²) in [5, 5.41) is 0. The maximum atomic E-state index is 12.9. The number of hydrogen-bond acceptors (Lipinski definition) is 2. The Hall–Kier alpha value is -1.55. The molecule has 0 amide bonds. The van der Waals surface area contributed by atoms with E-state index >= 15 is 0 Å². The average molecular weight is 311 g/mol. The quantitative estimate of drug-likeness (QED) is 0.843. The lowest BCUT2D eigenvalue weighted by Gasteiger charge is -2.11. The summed E-state index contributed by atoms with van der Waals surface area (Å²) < 4.78 is 24.5. The molecule has 4 heteroatoms. The van der Waals surface area contributed by atoms with Crippen LogP contribution in [-0.2, 0) is 6.61 Å². The van der Waals surface area contributed by atoms with E-state index in [0.29, 0.717) is 22.6 Å². The van der Waals surface area contributed by atoms with Gasteiger partial charge in [0, 0.05) is 10.0 Å². The van der Waals surface area contributed by atoms with Gasteiger partial charge < -0.3 is 9.47 Å². The minimum absolute atomic E-state index is 0.275. The number of para-hydroxylation sites is 2. The van der Waals surface area contributed by atoms with Gasteiger partial charge in [0.2, 0.25) is 0 Å². The zero-order chi connectivity index (χ0) is 13.0. The molecule has 2 rings (SSSR count). The van der Waals surface area contributed by atoms with Gasteiger partial charge in [-0.3, -0.25) is 0 Å². The van der Waals surface area contributed by atoms with Crippen LogP contribution in [0.2, 0.25) is 0 Å². The van der Waals surface area contributed by atoms with Crippen LogP contribution in [0.5, 0.6) is 11.5 Å². The molecule has 0 spiro atoms. The van der Waals surface area contributed by atoms with Crippen LogP contribution in [0.15, 0.2) is 46.9 Å². The molecular weight excluding hydrogens is 299 g/mol. The predicted molar refractivity (Wildman–Crippen MR) is 71.4 cm³/mol. The molecule has 2 nitrogen and oxygen atoms in total. The second-order valence-corrected chi connectivity index (χ2v) is 4.53. The van der Waals surface area contributed by atoms with Gasteiger partial charge in [0.15, 0.2) is 11.5 Å². The minimum atomic E-state index is -0.275. The third-order valence-electron chi connectivity index (χ3n) is 2.47. The molecule has 18 heavy (non-hydrogen) atoms. The second-order valence-electron chi connectivity index (χ2n) is 3.68. The van der Waals surface area contributed by atoms with Gasteiger partial charge >= 0.3 is 0 Å². The number of methoxy groups -OCH3 is 1. The summed E-state index contributed by atoms with van der Waals surface area (Å²) in [6, 6.07) is 11.9. The molecule has 94 valence electrons. The lowest BCUT2D eigenvalue weighted by Crippen LogP contribution is -1.98. The summed E-state index contributed by atoms with van der Waals surface area (Å²) in [7, 11) is 1.59. The van der Waals surface area contributed by atoms with Crippen LogP contribution in [0.1, 0.15) is 5.56 Å². The standard InChI is InChI=1S/C14H12BrFO2/c1-17-13-4-2-3-5-14(13)18-9-10-6-7-11(16)8-12(10)15/h2-8H,9H2,1H3. The van der Waals surface area contributed by atoms with E-state index in [1.807, 2.05) is 24.3 Å². The van der Waals surface area contributed by atoms with Crippen molar-refractivity contribution in [2.24, 2.45) is 0 Å². The van der Waals surface area contributed by atoms with Crippen LogP contribution < -0.4 is 9.47 Å². The van der Waals surface area contributed by atoms with Gasteiger partial charge in [-0.15, -0.1) is 0 Å². The van der Waals surface area contributed by atoms with Crippen molar-refractivity contribution in [3.8, 4) is 11.5 Å². The SMILES string of the molecule is COc1ccccc1OCc1ccc(F)cc1Br. The van der Waals surface area contributed by atoms with Crippen molar-refractivity contribution in [1.29, 1.82) is 0 Å². The lowest BCUT2D eigenvalue weighted by atomic mass is 10.2. The number of ether oxygens (including phenoxy) is 2. The zero-order valence-electron chi connectivity index (χ0n) is 9.82. The predicted octanol–water partition coefficient (Wildman–Crippen LogP) is 4.18. The summed E-state index contributed by atoms with van der Waals surface area (Å²) in [5.74, 6) is 1.06. The molecule has 0 atom stereocenters. The Morgan fingerprint density at radius 2 is 1.83 bits per heavy atom. The Morgan fingerprint density at radius 1 is 1.11 bits per heavy atom. The van der Waals surface area contributed by atoms with E-state index < -0.39 is 0 Å². The van der Waals surface area contributed by atoms with Crippen LogP contribution in [0.4, 0.5) is 4.39 Å². The molecule has 0 aliphatic carbocycles. The Bertz CT molecular complexity index is 543. The highest BCUT2D eigenvalue weighted by Gasteiger charge is 2.05. The summed E-state index contributed by atoms with van der Waals surface area (Å²) in [6.07, 6.45) is 0. The highest BCUT2D eigenvalue weighted by atomic mass is 79.9. The van der Waals surface area contributed by atoms with Crippen molar-refractivity contribution in [2.45, 2.75) is 6.61 Å². The molecule has 0 N–H and O–H groups in total. The number of benzene rings is 2. The van der Waals surface area contributed by atoms with Crippen LogP contribution >= 0.6 is 15.9 Å². The first-order valence-electron chi connectivity index (χ1n) is 5.40. The van der Waals surface area contributed by atoms with E-state index in [2.05, 4.69) is 15.9 Å². The van der Waals surface area contributed by atoms with Crippen LogP contribution in [0.25, 0.3) is 0 Å². The van der Waals surface area contributed by atoms with E-state index in [0.717, 1.165) is 5.56 Å². The van der Waals surface area contributed by atoms with Crippen LogP contribution in [0, 0.1) is 5.82 Å². The van der Waals surface area contributed by atoms with Crippen molar-refractivity contribution < 1.29 is 13.9 Å². The molecule has 0 saturated heterocycles. The molecule has 0 saturated carbocycles. The Balaban J connectivity index is 2.11. The van der Waals surface area contributed by atoms with Gasteiger partial charge in [0.25, 0.3) is 0 Å². The maximum Gasteiger partial charge on any atom is 0.161 e. The molecule has 0 bridgehead atoms. The fourth-order valence-electron chi connectivity index (χ4n) is 1.53. The van der Waals surface area contributed by atoms with Gasteiger partial charge in [0.05, 0.1) is 7.11 Å². The van der Waals surface area contributed by atoms with Crippen LogP contribution in [0.3, 0.4) is 0 Å². The van der Waals surface area contributed by atoms with Crippen LogP contribution in [-0.4, -0.2) is 7.11 Å². The summed E-state index contributed by atoms with van der Waals surface area (Å²) in [4.78, 5) is 0.